The normalized spacial score (nSPS) is 10.8. The molecule has 4 rings (SSSR count). The van der Waals surface area contributed by atoms with Crippen LogP contribution in [0.1, 0.15) is 6.92 Å². The molecule has 1 N–H and O–H groups in total. The molecule has 0 atom stereocenters. The van der Waals surface area contributed by atoms with Crippen LogP contribution in [0.25, 0.3) is 21.3 Å². The first-order valence-corrected chi connectivity index (χ1v) is 10.1. The molecule has 7 heteroatoms. The van der Waals surface area contributed by atoms with Crippen LogP contribution in [0.3, 0.4) is 0 Å². The van der Waals surface area contributed by atoms with E-state index in [1.807, 2.05) is 42.6 Å². The van der Waals surface area contributed by atoms with Gasteiger partial charge in [-0.2, -0.15) is 5.10 Å². The minimum atomic E-state index is -0.323. The van der Waals surface area contributed by atoms with E-state index >= 15 is 0 Å². The van der Waals surface area contributed by atoms with E-state index < -0.39 is 0 Å². The zero-order chi connectivity index (χ0) is 20.2. The van der Waals surface area contributed by atoms with Crippen LogP contribution in [0, 0.1) is 0 Å². The predicted octanol–water partition coefficient (Wildman–Crippen LogP) is 4.16. The van der Waals surface area contributed by atoms with E-state index in [0.717, 1.165) is 16.0 Å². The SMILES string of the molecule is CCOc1ccc(NC(=O)Cn2nc(-c3cccs3)c3ccccc3c2=O)cc1. The smallest absolute Gasteiger partial charge is 0.275 e. The van der Waals surface area contributed by atoms with Gasteiger partial charge in [-0.1, -0.05) is 24.3 Å². The Kier molecular flexibility index (Phi) is 5.39. The van der Waals surface area contributed by atoms with Crippen molar-refractivity contribution in [1.82, 2.24) is 9.78 Å². The summed E-state index contributed by atoms with van der Waals surface area (Å²) >= 11 is 1.54. The largest absolute Gasteiger partial charge is 0.494 e. The maximum atomic E-state index is 12.9. The summed E-state index contributed by atoms with van der Waals surface area (Å²) in [5.41, 5.74) is 1.04. The minimum absolute atomic E-state index is 0.171. The topological polar surface area (TPSA) is 73.2 Å². The average molecular weight is 405 g/mol. The van der Waals surface area contributed by atoms with Crippen LogP contribution in [0.5, 0.6) is 5.75 Å². The fraction of sp³-hybridized carbons (Fsp3) is 0.136. The van der Waals surface area contributed by atoms with E-state index in [1.54, 1.807) is 41.7 Å². The van der Waals surface area contributed by atoms with Crippen LogP contribution in [0.4, 0.5) is 5.69 Å². The standard InChI is InChI=1S/C22H19N3O3S/c1-2-28-16-11-9-15(10-12-16)23-20(26)14-25-22(27)18-7-4-3-6-17(18)21(24-25)19-8-5-13-29-19/h3-13H,2,14H2,1H3,(H,23,26). The van der Waals surface area contributed by atoms with Gasteiger partial charge in [0.2, 0.25) is 5.91 Å². The second-order valence-electron chi connectivity index (χ2n) is 6.34. The number of fused-ring (bicyclic) bond motifs is 1. The maximum absolute atomic E-state index is 12.9. The van der Waals surface area contributed by atoms with Crippen LogP contribution < -0.4 is 15.6 Å². The van der Waals surface area contributed by atoms with E-state index in [4.69, 9.17) is 4.74 Å². The van der Waals surface area contributed by atoms with Gasteiger partial charge in [0.05, 0.1) is 16.9 Å². The summed E-state index contributed by atoms with van der Waals surface area (Å²) in [5, 5.41) is 10.6. The molecule has 2 heterocycles. The Morgan fingerprint density at radius 1 is 1.07 bits per heavy atom. The van der Waals surface area contributed by atoms with Gasteiger partial charge in [0.15, 0.2) is 0 Å². The Morgan fingerprint density at radius 2 is 1.83 bits per heavy atom. The molecule has 146 valence electrons. The number of nitrogens with zero attached hydrogens (tertiary/aromatic N) is 2. The second kappa shape index (κ2) is 8.28. The van der Waals surface area contributed by atoms with Crippen molar-refractivity contribution in [1.29, 1.82) is 0 Å². The summed E-state index contributed by atoms with van der Waals surface area (Å²) in [4.78, 5) is 26.3. The highest BCUT2D eigenvalue weighted by Crippen LogP contribution is 2.28. The summed E-state index contributed by atoms with van der Waals surface area (Å²) in [6, 6.07) is 18.3. The molecule has 2 aromatic carbocycles. The van der Waals surface area contributed by atoms with Crippen LogP contribution in [0.2, 0.25) is 0 Å². The number of hydrogen-bond acceptors (Lipinski definition) is 5. The number of benzene rings is 2. The number of hydrogen-bond donors (Lipinski definition) is 1. The molecule has 0 radical (unpaired) electrons. The van der Waals surface area contributed by atoms with Crippen molar-refractivity contribution >= 4 is 33.7 Å². The highest BCUT2D eigenvalue weighted by Gasteiger charge is 2.15. The van der Waals surface area contributed by atoms with E-state index in [-0.39, 0.29) is 18.0 Å². The van der Waals surface area contributed by atoms with Crippen LogP contribution in [-0.2, 0) is 11.3 Å². The number of anilines is 1. The monoisotopic (exact) mass is 405 g/mol. The van der Waals surface area contributed by atoms with Gasteiger partial charge >= 0.3 is 0 Å². The third kappa shape index (κ3) is 4.05. The number of carbonyl (C=O) groups is 1. The lowest BCUT2D eigenvalue weighted by Crippen LogP contribution is -2.30. The quantitative estimate of drug-likeness (QED) is 0.523. The number of nitrogens with one attached hydrogen (secondary N) is 1. The molecule has 29 heavy (non-hydrogen) atoms. The van der Waals surface area contributed by atoms with Crippen molar-refractivity contribution in [3.05, 3.63) is 76.4 Å². The summed E-state index contributed by atoms with van der Waals surface area (Å²) in [6.45, 7) is 2.32. The van der Waals surface area contributed by atoms with Crippen molar-refractivity contribution in [2.75, 3.05) is 11.9 Å². The molecule has 0 spiro atoms. The molecular formula is C22H19N3O3S. The third-order valence-corrected chi connectivity index (χ3v) is 5.24. The lowest BCUT2D eigenvalue weighted by Gasteiger charge is -2.11. The molecule has 0 saturated heterocycles. The van der Waals surface area contributed by atoms with E-state index in [2.05, 4.69) is 10.4 Å². The Morgan fingerprint density at radius 3 is 2.52 bits per heavy atom. The Balaban J connectivity index is 1.63. The second-order valence-corrected chi connectivity index (χ2v) is 7.29. The van der Waals surface area contributed by atoms with Crippen molar-refractivity contribution in [2.24, 2.45) is 0 Å². The van der Waals surface area contributed by atoms with Crippen LogP contribution >= 0.6 is 11.3 Å². The first-order chi connectivity index (χ1) is 14.2. The lowest BCUT2D eigenvalue weighted by molar-refractivity contribution is -0.117. The van der Waals surface area contributed by atoms with Gasteiger partial charge in [-0.3, -0.25) is 9.59 Å². The molecule has 0 fully saturated rings. The third-order valence-electron chi connectivity index (χ3n) is 4.36. The average Bonchev–Trinajstić information content (AvgIpc) is 3.26. The lowest BCUT2D eigenvalue weighted by atomic mass is 10.1. The minimum Gasteiger partial charge on any atom is -0.494 e. The molecule has 1 amide bonds. The first kappa shape index (κ1) is 18.9. The number of thiophene rings is 1. The van der Waals surface area contributed by atoms with Gasteiger partial charge in [-0.05, 0) is 48.7 Å². The number of rotatable bonds is 6. The van der Waals surface area contributed by atoms with Crippen molar-refractivity contribution < 1.29 is 9.53 Å². The van der Waals surface area contributed by atoms with Gasteiger partial charge in [-0.25, -0.2) is 4.68 Å². The molecule has 4 aromatic rings. The van der Waals surface area contributed by atoms with Crippen molar-refractivity contribution in [3.8, 4) is 16.3 Å². The van der Waals surface area contributed by atoms with Gasteiger partial charge in [0.1, 0.15) is 18.0 Å². The van der Waals surface area contributed by atoms with Gasteiger partial charge in [0.25, 0.3) is 5.56 Å². The molecule has 2 aromatic heterocycles. The number of ether oxygens (including phenoxy) is 1. The molecule has 0 aliphatic carbocycles. The highest BCUT2D eigenvalue weighted by molar-refractivity contribution is 7.13. The Labute approximate surface area is 171 Å². The molecule has 0 aliphatic heterocycles. The number of aromatic nitrogens is 2. The zero-order valence-electron chi connectivity index (χ0n) is 15.8. The fourth-order valence-corrected chi connectivity index (χ4v) is 3.80. The van der Waals surface area contributed by atoms with E-state index in [0.29, 0.717) is 23.4 Å². The number of carbonyl (C=O) groups excluding carboxylic acids is 1. The predicted molar refractivity (Wildman–Crippen MR) is 116 cm³/mol. The maximum Gasteiger partial charge on any atom is 0.275 e. The number of amides is 1. The van der Waals surface area contributed by atoms with Gasteiger partial charge in [-0.15, -0.1) is 11.3 Å². The van der Waals surface area contributed by atoms with Gasteiger partial charge < -0.3 is 10.1 Å². The van der Waals surface area contributed by atoms with Gasteiger partial charge in [0, 0.05) is 11.1 Å². The summed E-state index contributed by atoms with van der Waals surface area (Å²) in [6.07, 6.45) is 0. The van der Waals surface area contributed by atoms with E-state index in [9.17, 15) is 9.59 Å². The van der Waals surface area contributed by atoms with Crippen LogP contribution in [-0.4, -0.2) is 22.3 Å². The van der Waals surface area contributed by atoms with Crippen molar-refractivity contribution in [2.45, 2.75) is 13.5 Å². The Hall–Kier alpha value is -3.45. The summed E-state index contributed by atoms with van der Waals surface area (Å²) < 4.78 is 6.62. The molecule has 0 unspecified atom stereocenters. The molecule has 6 nitrogen and oxygen atoms in total. The molecule has 0 aliphatic rings. The molecular weight excluding hydrogens is 386 g/mol. The fourth-order valence-electron chi connectivity index (χ4n) is 3.08. The summed E-state index contributed by atoms with van der Waals surface area (Å²) in [5.74, 6) is 0.412. The summed E-state index contributed by atoms with van der Waals surface area (Å²) in [7, 11) is 0. The molecule has 0 bridgehead atoms. The van der Waals surface area contributed by atoms with Crippen LogP contribution in [0.15, 0.2) is 70.8 Å². The molecule has 0 saturated carbocycles. The van der Waals surface area contributed by atoms with E-state index in [1.165, 1.54) is 4.68 Å². The Bertz CT molecular complexity index is 1200. The van der Waals surface area contributed by atoms with Crippen molar-refractivity contribution in [3.63, 3.8) is 0 Å². The first-order valence-electron chi connectivity index (χ1n) is 9.22. The highest BCUT2D eigenvalue weighted by atomic mass is 32.1. The zero-order valence-corrected chi connectivity index (χ0v) is 16.6.